The summed E-state index contributed by atoms with van der Waals surface area (Å²) in [6, 6.07) is 8.33. The van der Waals surface area contributed by atoms with Crippen LogP contribution in [0.15, 0.2) is 36.5 Å². The maximum atomic E-state index is 13.1. The summed E-state index contributed by atoms with van der Waals surface area (Å²) in [6.45, 7) is 5.27. The quantitative estimate of drug-likeness (QED) is 0.801. The number of piperidine rings is 1. The number of rotatable bonds is 6. The van der Waals surface area contributed by atoms with Crippen LogP contribution in [0, 0.1) is 5.92 Å². The molecular weight excluding hydrogens is 356 g/mol. The first-order chi connectivity index (χ1) is 13.5. The summed E-state index contributed by atoms with van der Waals surface area (Å²) in [4.78, 5) is 27.6. The van der Waals surface area contributed by atoms with E-state index in [1.54, 1.807) is 37.6 Å². The number of methoxy groups -OCH3 is 1. The number of hydrogen-bond acceptors (Lipinski definition) is 4. The number of H-pyrrole nitrogens is 1. The number of amides is 2. The lowest BCUT2D eigenvalue weighted by atomic mass is 9.92. The van der Waals surface area contributed by atoms with Gasteiger partial charge < -0.3 is 15.0 Å². The topological polar surface area (TPSA) is 87.3 Å². The third kappa shape index (κ3) is 4.52. The van der Waals surface area contributed by atoms with Gasteiger partial charge in [0.15, 0.2) is 0 Å². The molecule has 1 fully saturated rings. The lowest BCUT2D eigenvalue weighted by Gasteiger charge is -2.35. The maximum absolute atomic E-state index is 13.1. The monoisotopic (exact) mass is 384 g/mol. The SMILES string of the molecule is COc1ccc(C(=O)NC(C(=O)N2CCC(c3ccn[nH]3)CC2)C(C)C)cc1. The van der Waals surface area contributed by atoms with Gasteiger partial charge in [-0.1, -0.05) is 13.8 Å². The molecule has 0 saturated carbocycles. The van der Waals surface area contributed by atoms with E-state index in [-0.39, 0.29) is 17.7 Å². The van der Waals surface area contributed by atoms with Gasteiger partial charge in [0.2, 0.25) is 5.91 Å². The molecule has 150 valence electrons. The minimum atomic E-state index is -0.543. The first-order valence-electron chi connectivity index (χ1n) is 9.72. The Bertz CT molecular complexity index is 778. The van der Waals surface area contributed by atoms with Crippen LogP contribution in [0.25, 0.3) is 0 Å². The predicted octanol–water partition coefficient (Wildman–Crippen LogP) is 2.58. The molecule has 2 aromatic rings. The van der Waals surface area contributed by atoms with Crippen molar-refractivity contribution in [2.45, 2.75) is 38.6 Å². The van der Waals surface area contributed by atoms with E-state index < -0.39 is 6.04 Å². The molecule has 7 heteroatoms. The second kappa shape index (κ2) is 8.91. The van der Waals surface area contributed by atoms with Crippen molar-refractivity contribution in [3.05, 3.63) is 47.8 Å². The summed E-state index contributed by atoms with van der Waals surface area (Å²) in [7, 11) is 1.58. The maximum Gasteiger partial charge on any atom is 0.251 e. The highest BCUT2D eigenvalue weighted by molar-refractivity contribution is 5.97. The van der Waals surface area contributed by atoms with E-state index in [9.17, 15) is 9.59 Å². The molecule has 2 N–H and O–H groups in total. The van der Waals surface area contributed by atoms with E-state index in [1.165, 1.54) is 0 Å². The first kappa shape index (κ1) is 19.9. The summed E-state index contributed by atoms with van der Waals surface area (Å²) in [5.41, 5.74) is 1.64. The molecule has 1 atom stereocenters. The number of likely N-dealkylation sites (tertiary alicyclic amines) is 1. The third-order valence-corrected chi connectivity index (χ3v) is 5.34. The van der Waals surface area contributed by atoms with Crippen LogP contribution >= 0.6 is 0 Å². The lowest BCUT2D eigenvalue weighted by Crippen LogP contribution is -2.52. The van der Waals surface area contributed by atoms with Gasteiger partial charge in [0, 0.05) is 36.5 Å². The Morgan fingerprint density at radius 1 is 1.18 bits per heavy atom. The molecular formula is C21H28N4O3. The Labute approximate surface area is 165 Å². The molecule has 28 heavy (non-hydrogen) atoms. The van der Waals surface area contributed by atoms with Crippen LogP contribution in [0.2, 0.25) is 0 Å². The molecule has 0 radical (unpaired) electrons. The van der Waals surface area contributed by atoms with E-state index in [0.29, 0.717) is 30.3 Å². The van der Waals surface area contributed by atoms with E-state index in [1.807, 2.05) is 24.8 Å². The van der Waals surface area contributed by atoms with E-state index >= 15 is 0 Å². The molecule has 1 aliphatic rings. The lowest BCUT2D eigenvalue weighted by molar-refractivity contribution is -0.135. The molecule has 1 unspecified atom stereocenters. The van der Waals surface area contributed by atoms with Gasteiger partial charge in [-0.3, -0.25) is 14.7 Å². The summed E-state index contributed by atoms with van der Waals surface area (Å²) in [6.07, 6.45) is 3.55. The minimum absolute atomic E-state index is 0.0000268. The average molecular weight is 384 g/mol. The molecule has 0 spiro atoms. The normalized spacial score (nSPS) is 16.1. The molecule has 2 heterocycles. The highest BCUT2D eigenvalue weighted by Gasteiger charge is 2.32. The molecule has 1 aliphatic heterocycles. The third-order valence-electron chi connectivity index (χ3n) is 5.34. The van der Waals surface area contributed by atoms with Crippen molar-refractivity contribution < 1.29 is 14.3 Å². The zero-order valence-corrected chi connectivity index (χ0v) is 16.6. The molecule has 2 amide bonds. The predicted molar refractivity (Wildman–Crippen MR) is 106 cm³/mol. The van der Waals surface area contributed by atoms with E-state index in [2.05, 4.69) is 15.5 Å². The van der Waals surface area contributed by atoms with Crippen molar-refractivity contribution in [2.75, 3.05) is 20.2 Å². The average Bonchev–Trinajstić information content (AvgIpc) is 3.26. The standard InChI is InChI=1S/C21H28N4O3/c1-14(2)19(23-20(26)16-4-6-17(28-3)7-5-16)21(27)25-12-9-15(10-13-25)18-8-11-22-24-18/h4-8,11,14-15,19H,9-10,12-13H2,1-3H3,(H,22,24)(H,23,26). The van der Waals surface area contributed by atoms with Gasteiger partial charge in [-0.25, -0.2) is 0 Å². The van der Waals surface area contributed by atoms with Gasteiger partial charge in [-0.2, -0.15) is 5.10 Å². The second-order valence-electron chi connectivity index (χ2n) is 7.54. The van der Waals surface area contributed by atoms with E-state index in [4.69, 9.17) is 4.74 Å². The molecule has 0 aliphatic carbocycles. The number of nitrogens with one attached hydrogen (secondary N) is 2. The Morgan fingerprint density at radius 3 is 2.39 bits per heavy atom. The Morgan fingerprint density at radius 2 is 1.86 bits per heavy atom. The van der Waals surface area contributed by atoms with Crippen LogP contribution in [-0.2, 0) is 4.79 Å². The van der Waals surface area contributed by atoms with Gasteiger partial charge in [0.05, 0.1) is 7.11 Å². The van der Waals surface area contributed by atoms with Crippen molar-refractivity contribution >= 4 is 11.8 Å². The highest BCUT2D eigenvalue weighted by Crippen LogP contribution is 2.27. The number of aromatic amines is 1. The van der Waals surface area contributed by atoms with Gasteiger partial charge in [-0.05, 0) is 49.1 Å². The van der Waals surface area contributed by atoms with Gasteiger partial charge in [0.25, 0.3) is 5.91 Å². The smallest absolute Gasteiger partial charge is 0.251 e. The highest BCUT2D eigenvalue weighted by atomic mass is 16.5. The number of benzene rings is 1. The van der Waals surface area contributed by atoms with Crippen LogP contribution in [0.3, 0.4) is 0 Å². The summed E-state index contributed by atoms with van der Waals surface area (Å²) < 4.78 is 5.12. The number of aromatic nitrogens is 2. The van der Waals surface area contributed by atoms with Crippen molar-refractivity contribution in [3.8, 4) is 5.75 Å². The molecule has 1 aromatic heterocycles. The van der Waals surface area contributed by atoms with Crippen molar-refractivity contribution in [1.82, 2.24) is 20.4 Å². The zero-order valence-electron chi connectivity index (χ0n) is 16.6. The molecule has 3 rings (SSSR count). The Hall–Kier alpha value is -2.83. The fraction of sp³-hybridized carbons (Fsp3) is 0.476. The number of carbonyl (C=O) groups is 2. The molecule has 7 nitrogen and oxygen atoms in total. The van der Waals surface area contributed by atoms with Crippen molar-refractivity contribution in [1.29, 1.82) is 0 Å². The largest absolute Gasteiger partial charge is 0.497 e. The Balaban J connectivity index is 1.61. The second-order valence-corrected chi connectivity index (χ2v) is 7.54. The van der Waals surface area contributed by atoms with Crippen LogP contribution in [-0.4, -0.2) is 53.2 Å². The first-order valence-corrected chi connectivity index (χ1v) is 9.72. The number of hydrogen-bond donors (Lipinski definition) is 2. The fourth-order valence-electron chi connectivity index (χ4n) is 3.58. The summed E-state index contributed by atoms with van der Waals surface area (Å²) in [5.74, 6) is 0.827. The summed E-state index contributed by atoms with van der Waals surface area (Å²) >= 11 is 0. The summed E-state index contributed by atoms with van der Waals surface area (Å²) in [5, 5.41) is 9.96. The van der Waals surface area contributed by atoms with Crippen LogP contribution < -0.4 is 10.1 Å². The zero-order chi connectivity index (χ0) is 20.1. The van der Waals surface area contributed by atoms with Crippen molar-refractivity contribution in [3.63, 3.8) is 0 Å². The molecule has 1 saturated heterocycles. The molecule has 1 aromatic carbocycles. The molecule has 0 bridgehead atoms. The fourth-order valence-corrected chi connectivity index (χ4v) is 3.58. The number of carbonyl (C=O) groups excluding carboxylic acids is 2. The van der Waals surface area contributed by atoms with Crippen LogP contribution in [0.5, 0.6) is 5.75 Å². The Kier molecular flexibility index (Phi) is 6.34. The van der Waals surface area contributed by atoms with Crippen LogP contribution in [0.1, 0.15) is 48.7 Å². The van der Waals surface area contributed by atoms with Gasteiger partial charge in [-0.15, -0.1) is 0 Å². The van der Waals surface area contributed by atoms with Crippen LogP contribution in [0.4, 0.5) is 0 Å². The van der Waals surface area contributed by atoms with E-state index in [0.717, 1.165) is 18.5 Å². The van der Waals surface area contributed by atoms with Crippen molar-refractivity contribution in [2.24, 2.45) is 5.92 Å². The number of ether oxygens (including phenoxy) is 1. The number of nitrogens with zero attached hydrogens (tertiary/aromatic N) is 2. The van der Waals surface area contributed by atoms with Gasteiger partial charge >= 0.3 is 0 Å². The van der Waals surface area contributed by atoms with Gasteiger partial charge in [0.1, 0.15) is 11.8 Å². The minimum Gasteiger partial charge on any atom is -0.497 e.